The lowest BCUT2D eigenvalue weighted by molar-refractivity contribution is 0.340. The van der Waals surface area contributed by atoms with Gasteiger partial charge in [-0.05, 0) is 55.9 Å². The molecule has 0 fully saturated rings. The number of hydrogen-bond donors (Lipinski definition) is 3. The van der Waals surface area contributed by atoms with Crippen molar-refractivity contribution in [1.29, 1.82) is 0 Å². The first kappa shape index (κ1) is 22.1. The van der Waals surface area contributed by atoms with Crippen molar-refractivity contribution >= 4 is 46.1 Å². The molecule has 0 aliphatic carbocycles. The van der Waals surface area contributed by atoms with Gasteiger partial charge in [-0.3, -0.25) is 9.98 Å². The highest BCUT2D eigenvalue weighted by atomic mass is 32.1. The van der Waals surface area contributed by atoms with E-state index in [1.54, 1.807) is 18.5 Å². The summed E-state index contributed by atoms with van der Waals surface area (Å²) in [7, 11) is 0. The van der Waals surface area contributed by atoms with Gasteiger partial charge >= 0.3 is 0 Å². The van der Waals surface area contributed by atoms with Crippen molar-refractivity contribution in [3.63, 3.8) is 0 Å². The number of nitrogens with one attached hydrogen (secondary N) is 2. The monoisotopic (exact) mass is 435 g/mol. The molecule has 8 nitrogen and oxygen atoms in total. The van der Waals surface area contributed by atoms with Gasteiger partial charge in [-0.2, -0.15) is 0 Å². The van der Waals surface area contributed by atoms with E-state index in [9.17, 15) is 0 Å². The predicted molar refractivity (Wildman–Crippen MR) is 129 cm³/mol. The minimum atomic E-state index is 0.485. The Bertz CT molecular complexity index is 1110. The van der Waals surface area contributed by atoms with E-state index < -0.39 is 0 Å². The number of rotatable bonds is 8. The van der Waals surface area contributed by atoms with Crippen LogP contribution < -0.4 is 21.1 Å². The van der Waals surface area contributed by atoms with Gasteiger partial charge in [0, 0.05) is 24.5 Å². The summed E-state index contributed by atoms with van der Waals surface area (Å²) in [5, 5.41) is 6.55. The molecule has 4 N–H and O–H groups in total. The van der Waals surface area contributed by atoms with Gasteiger partial charge in [0.2, 0.25) is 0 Å². The quantitative estimate of drug-likeness (QED) is 0.365. The van der Waals surface area contributed by atoms with Gasteiger partial charge in [-0.1, -0.05) is 12.1 Å². The van der Waals surface area contributed by atoms with Crippen molar-refractivity contribution in [2.75, 3.05) is 18.5 Å². The van der Waals surface area contributed by atoms with E-state index in [4.69, 9.17) is 22.7 Å². The van der Waals surface area contributed by atoms with Crippen LogP contribution in [0.4, 0.5) is 5.82 Å². The van der Waals surface area contributed by atoms with E-state index in [1.807, 2.05) is 44.2 Å². The Labute approximate surface area is 186 Å². The predicted octanol–water partition coefficient (Wildman–Crippen LogP) is 3.30. The van der Waals surface area contributed by atoms with Crippen LogP contribution in [0, 0.1) is 0 Å². The Kier molecular flexibility index (Phi) is 7.83. The lowest BCUT2D eigenvalue weighted by Crippen LogP contribution is -2.28. The van der Waals surface area contributed by atoms with Crippen LogP contribution in [0.1, 0.15) is 25.1 Å². The fourth-order valence-corrected chi connectivity index (χ4v) is 3.02. The van der Waals surface area contributed by atoms with Crippen molar-refractivity contribution in [1.82, 2.24) is 20.3 Å². The average molecular weight is 436 g/mol. The van der Waals surface area contributed by atoms with Gasteiger partial charge < -0.3 is 21.1 Å². The molecule has 0 spiro atoms. The summed E-state index contributed by atoms with van der Waals surface area (Å²) in [6, 6.07) is 11.5. The summed E-state index contributed by atoms with van der Waals surface area (Å²) in [5.41, 5.74) is 9.25. The molecule has 0 atom stereocenters. The number of pyridine rings is 1. The molecule has 0 aliphatic heterocycles. The van der Waals surface area contributed by atoms with Gasteiger partial charge in [0.1, 0.15) is 17.1 Å². The zero-order valence-electron chi connectivity index (χ0n) is 17.5. The third-order valence-electron chi connectivity index (χ3n) is 4.17. The third-order valence-corrected chi connectivity index (χ3v) is 4.42. The minimum Gasteiger partial charge on any atom is -0.494 e. The first-order valence-electron chi connectivity index (χ1n) is 9.95. The molecule has 3 rings (SSSR count). The number of nitrogens with zero attached hydrogens (tertiary/aromatic N) is 4. The topological polar surface area (TPSA) is 110 Å². The molecule has 0 aliphatic rings. The number of fused-ring (bicyclic) bond motifs is 1. The number of anilines is 1. The van der Waals surface area contributed by atoms with Gasteiger partial charge in [0.25, 0.3) is 0 Å². The molecule has 0 bridgehead atoms. The molecule has 0 amide bonds. The number of allylic oxidation sites excluding steroid dienone is 1. The van der Waals surface area contributed by atoms with Crippen LogP contribution in [0.3, 0.4) is 0 Å². The van der Waals surface area contributed by atoms with Crippen molar-refractivity contribution in [3.05, 3.63) is 60.1 Å². The van der Waals surface area contributed by atoms with E-state index in [0.29, 0.717) is 46.5 Å². The maximum absolute atomic E-state index is 5.82. The molecule has 2 aromatic heterocycles. The van der Waals surface area contributed by atoms with E-state index in [1.165, 1.54) is 6.20 Å². The molecule has 0 saturated carbocycles. The molecule has 2 heterocycles. The standard InChI is InChI=1S/C22H25N7OS/c1-3-25-22(31)29-20-9-8-18-21(28-20)27-19(14-26-18)16(11-23)13-24-12-15-6-5-7-17(10-15)30-4-2/h5-11,13-14H,3-4,12,23H2,1-2H3,(H2,25,27,28,29,31). The van der Waals surface area contributed by atoms with Gasteiger partial charge in [0.05, 0.1) is 25.0 Å². The third kappa shape index (κ3) is 6.19. The second kappa shape index (κ2) is 11.0. The van der Waals surface area contributed by atoms with Gasteiger partial charge in [-0.15, -0.1) is 0 Å². The highest BCUT2D eigenvalue weighted by Crippen LogP contribution is 2.16. The Hall–Kier alpha value is -3.59. The SMILES string of the molecule is CCNC(=S)Nc1ccc2ncc(C(C=NCc3cccc(OCC)c3)=CN)nc2n1. The number of aliphatic imine (C=N–C) groups is 1. The average Bonchev–Trinajstić information content (AvgIpc) is 2.77. The largest absolute Gasteiger partial charge is 0.494 e. The van der Waals surface area contributed by atoms with E-state index >= 15 is 0 Å². The maximum Gasteiger partial charge on any atom is 0.180 e. The molecule has 3 aromatic rings. The minimum absolute atomic E-state index is 0.485. The Morgan fingerprint density at radius 2 is 2.10 bits per heavy atom. The summed E-state index contributed by atoms with van der Waals surface area (Å²) in [5.74, 6) is 1.42. The van der Waals surface area contributed by atoms with Crippen LogP contribution in [-0.4, -0.2) is 39.4 Å². The molecule has 0 unspecified atom stereocenters. The van der Waals surface area contributed by atoms with Crippen LogP contribution in [0.25, 0.3) is 16.7 Å². The van der Waals surface area contributed by atoms with Crippen LogP contribution in [-0.2, 0) is 6.54 Å². The van der Waals surface area contributed by atoms with Crippen molar-refractivity contribution in [3.8, 4) is 5.75 Å². The molecule has 0 radical (unpaired) electrons. The smallest absolute Gasteiger partial charge is 0.180 e. The van der Waals surface area contributed by atoms with Crippen LogP contribution in [0.2, 0.25) is 0 Å². The molecule has 160 valence electrons. The summed E-state index contributed by atoms with van der Waals surface area (Å²) in [4.78, 5) is 18.0. The Morgan fingerprint density at radius 3 is 2.87 bits per heavy atom. The molecule has 31 heavy (non-hydrogen) atoms. The molecule has 0 saturated heterocycles. The molecular formula is C22H25N7OS. The first-order chi connectivity index (χ1) is 15.1. The van der Waals surface area contributed by atoms with E-state index in [0.717, 1.165) is 17.9 Å². The number of aromatic nitrogens is 3. The fourth-order valence-electron chi connectivity index (χ4n) is 2.77. The lowest BCUT2D eigenvalue weighted by atomic mass is 10.2. The van der Waals surface area contributed by atoms with Crippen molar-refractivity contribution < 1.29 is 4.74 Å². The number of nitrogens with two attached hydrogens (primary N) is 1. The number of hydrogen-bond acceptors (Lipinski definition) is 7. The second-order valence-corrected chi connectivity index (χ2v) is 6.86. The van der Waals surface area contributed by atoms with Gasteiger partial charge in [0.15, 0.2) is 10.8 Å². The summed E-state index contributed by atoms with van der Waals surface area (Å²) in [6.45, 7) is 5.77. The lowest BCUT2D eigenvalue weighted by Gasteiger charge is -2.08. The number of ether oxygens (including phenoxy) is 1. The number of benzene rings is 1. The van der Waals surface area contributed by atoms with E-state index in [-0.39, 0.29) is 0 Å². The summed E-state index contributed by atoms with van der Waals surface area (Å²) < 4.78 is 5.53. The second-order valence-electron chi connectivity index (χ2n) is 6.45. The summed E-state index contributed by atoms with van der Waals surface area (Å²) in [6.07, 6.45) is 4.80. The molecule has 1 aromatic carbocycles. The highest BCUT2D eigenvalue weighted by molar-refractivity contribution is 7.80. The summed E-state index contributed by atoms with van der Waals surface area (Å²) >= 11 is 5.21. The first-order valence-corrected chi connectivity index (χ1v) is 10.4. The molecular weight excluding hydrogens is 410 g/mol. The molecule has 9 heteroatoms. The van der Waals surface area contributed by atoms with Crippen LogP contribution >= 0.6 is 12.2 Å². The Balaban J connectivity index is 1.76. The van der Waals surface area contributed by atoms with Crippen LogP contribution in [0.15, 0.2) is 53.8 Å². The zero-order chi connectivity index (χ0) is 22.1. The Morgan fingerprint density at radius 1 is 1.23 bits per heavy atom. The van der Waals surface area contributed by atoms with Crippen molar-refractivity contribution in [2.24, 2.45) is 10.7 Å². The zero-order valence-corrected chi connectivity index (χ0v) is 18.3. The number of thiocarbonyl (C=S) groups is 1. The van der Waals surface area contributed by atoms with E-state index in [2.05, 4.69) is 30.6 Å². The maximum atomic E-state index is 5.82. The van der Waals surface area contributed by atoms with Crippen LogP contribution in [0.5, 0.6) is 5.75 Å². The highest BCUT2D eigenvalue weighted by Gasteiger charge is 2.07. The normalized spacial score (nSPS) is 11.6. The van der Waals surface area contributed by atoms with Crippen molar-refractivity contribution in [2.45, 2.75) is 20.4 Å². The fraction of sp³-hybridized carbons (Fsp3) is 0.227. The van der Waals surface area contributed by atoms with Gasteiger partial charge in [-0.25, -0.2) is 9.97 Å².